The predicted molar refractivity (Wildman–Crippen MR) is 39.5 cm³/mol. The summed E-state index contributed by atoms with van der Waals surface area (Å²) in [6.07, 6.45) is 1.42. The Hall–Kier alpha value is -0.960. The Morgan fingerprint density at radius 3 is 3.09 bits per heavy atom. The Labute approximate surface area is 65.0 Å². The van der Waals surface area contributed by atoms with E-state index in [0.29, 0.717) is 18.8 Å². The van der Waals surface area contributed by atoms with Gasteiger partial charge in [0.25, 0.3) is 0 Å². The van der Waals surface area contributed by atoms with Gasteiger partial charge in [0.15, 0.2) is 0 Å². The van der Waals surface area contributed by atoms with Crippen LogP contribution in [-0.2, 0) is 11.3 Å². The Morgan fingerprint density at radius 1 is 1.64 bits per heavy atom. The Balaban J connectivity index is 2.62. The third kappa shape index (κ3) is 2.27. The van der Waals surface area contributed by atoms with Crippen molar-refractivity contribution in [3.63, 3.8) is 0 Å². The van der Waals surface area contributed by atoms with Crippen molar-refractivity contribution in [2.75, 3.05) is 6.61 Å². The molecule has 0 radical (unpaired) electrons. The van der Waals surface area contributed by atoms with Crippen molar-refractivity contribution in [2.45, 2.75) is 13.5 Å². The Morgan fingerprint density at radius 2 is 2.45 bits per heavy atom. The number of nitrogens with zero attached hydrogens (tertiary/aromatic N) is 1. The van der Waals surface area contributed by atoms with Gasteiger partial charge >= 0.3 is 0 Å². The van der Waals surface area contributed by atoms with Crippen LogP contribution in [0.2, 0.25) is 0 Å². The van der Waals surface area contributed by atoms with E-state index in [1.807, 2.05) is 6.92 Å². The zero-order chi connectivity index (χ0) is 8.10. The van der Waals surface area contributed by atoms with Crippen LogP contribution in [0.5, 0.6) is 0 Å². The third-order valence-corrected chi connectivity index (χ3v) is 1.30. The van der Waals surface area contributed by atoms with Gasteiger partial charge < -0.3 is 4.74 Å². The van der Waals surface area contributed by atoms with E-state index in [1.54, 1.807) is 12.1 Å². The molecule has 0 aliphatic carbocycles. The lowest BCUT2D eigenvalue weighted by atomic mass is 10.3. The minimum absolute atomic E-state index is 0.302. The fraction of sp³-hybridized carbons (Fsp3) is 0.375. The van der Waals surface area contributed by atoms with Crippen molar-refractivity contribution in [3.05, 3.63) is 29.8 Å². The summed E-state index contributed by atoms with van der Waals surface area (Å²) in [5.41, 5.74) is 0.509. The summed E-state index contributed by atoms with van der Waals surface area (Å²) in [7, 11) is 0. The molecule has 0 saturated heterocycles. The van der Waals surface area contributed by atoms with Crippen LogP contribution in [0.1, 0.15) is 12.5 Å². The predicted octanol–water partition coefficient (Wildman–Crippen LogP) is 1.76. The monoisotopic (exact) mass is 155 g/mol. The number of aromatic nitrogens is 1. The van der Waals surface area contributed by atoms with Crippen LogP contribution in [0.3, 0.4) is 0 Å². The van der Waals surface area contributed by atoms with Crippen LogP contribution < -0.4 is 0 Å². The van der Waals surface area contributed by atoms with Crippen molar-refractivity contribution < 1.29 is 9.13 Å². The van der Waals surface area contributed by atoms with Crippen LogP contribution in [0, 0.1) is 5.95 Å². The molecule has 0 spiro atoms. The lowest BCUT2D eigenvalue weighted by molar-refractivity contribution is 0.131. The second kappa shape index (κ2) is 4.03. The average Bonchev–Trinajstić information content (AvgIpc) is 2.03. The summed E-state index contributed by atoms with van der Waals surface area (Å²) in [6, 6.07) is 3.36. The molecule has 0 fully saturated rings. The van der Waals surface area contributed by atoms with E-state index in [0.717, 1.165) is 0 Å². The first-order valence-corrected chi connectivity index (χ1v) is 3.51. The van der Waals surface area contributed by atoms with Gasteiger partial charge in [-0.25, -0.2) is 4.98 Å². The van der Waals surface area contributed by atoms with Crippen LogP contribution in [0.15, 0.2) is 18.3 Å². The molecule has 0 amide bonds. The van der Waals surface area contributed by atoms with E-state index in [1.165, 1.54) is 6.20 Å². The molecule has 0 aliphatic rings. The van der Waals surface area contributed by atoms with E-state index in [9.17, 15) is 4.39 Å². The van der Waals surface area contributed by atoms with E-state index in [4.69, 9.17) is 4.74 Å². The van der Waals surface area contributed by atoms with E-state index in [2.05, 4.69) is 4.98 Å². The standard InChI is InChI=1S/C8H10FNO/c1-2-11-6-7-4-3-5-10-8(7)9/h3-5H,2,6H2,1H3. The number of ether oxygens (including phenoxy) is 1. The third-order valence-electron chi connectivity index (χ3n) is 1.30. The minimum Gasteiger partial charge on any atom is -0.377 e. The molecule has 0 bridgehead atoms. The summed E-state index contributed by atoms with van der Waals surface area (Å²) in [6.45, 7) is 2.76. The first-order chi connectivity index (χ1) is 5.34. The number of rotatable bonds is 3. The van der Waals surface area contributed by atoms with Crippen LogP contribution >= 0.6 is 0 Å². The second-order valence-electron chi connectivity index (χ2n) is 2.09. The van der Waals surface area contributed by atoms with Crippen LogP contribution in [-0.4, -0.2) is 11.6 Å². The maximum atomic E-state index is 12.7. The molecule has 0 atom stereocenters. The number of hydrogen-bond donors (Lipinski definition) is 0. The minimum atomic E-state index is -0.444. The van der Waals surface area contributed by atoms with Crippen LogP contribution in [0.4, 0.5) is 4.39 Å². The smallest absolute Gasteiger partial charge is 0.218 e. The van der Waals surface area contributed by atoms with Gasteiger partial charge in [0.2, 0.25) is 5.95 Å². The molecule has 2 nitrogen and oxygen atoms in total. The molecule has 1 rings (SSSR count). The molecule has 3 heteroatoms. The molecular weight excluding hydrogens is 145 g/mol. The van der Waals surface area contributed by atoms with Crippen molar-refractivity contribution in [1.82, 2.24) is 4.98 Å². The summed E-state index contributed by atoms with van der Waals surface area (Å²) in [4.78, 5) is 3.49. The lowest BCUT2D eigenvalue weighted by Gasteiger charge is -2.00. The maximum Gasteiger partial charge on any atom is 0.218 e. The van der Waals surface area contributed by atoms with Crippen molar-refractivity contribution in [3.8, 4) is 0 Å². The normalized spacial score (nSPS) is 10.0. The number of halogens is 1. The van der Waals surface area contributed by atoms with Crippen molar-refractivity contribution >= 4 is 0 Å². The molecule has 0 aromatic carbocycles. The van der Waals surface area contributed by atoms with Gasteiger partial charge in [0.05, 0.1) is 6.61 Å². The summed E-state index contributed by atoms with van der Waals surface area (Å²) >= 11 is 0. The van der Waals surface area contributed by atoms with E-state index in [-0.39, 0.29) is 0 Å². The molecule has 1 aromatic rings. The zero-order valence-electron chi connectivity index (χ0n) is 6.38. The van der Waals surface area contributed by atoms with Crippen molar-refractivity contribution in [2.24, 2.45) is 0 Å². The molecule has 0 unspecified atom stereocenters. The quantitative estimate of drug-likeness (QED) is 0.620. The molecule has 0 aliphatic heterocycles. The first-order valence-electron chi connectivity index (χ1n) is 3.51. The largest absolute Gasteiger partial charge is 0.377 e. The highest BCUT2D eigenvalue weighted by atomic mass is 19.1. The fourth-order valence-corrected chi connectivity index (χ4v) is 0.739. The summed E-state index contributed by atoms with van der Waals surface area (Å²) in [5.74, 6) is -0.444. The zero-order valence-corrected chi connectivity index (χ0v) is 6.38. The maximum absolute atomic E-state index is 12.7. The molecule has 11 heavy (non-hydrogen) atoms. The van der Waals surface area contributed by atoms with Crippen LogP contribution in [0.25, 0.3) is 0 Å². The molecule has 60 valence electrons. The fourth-order valence-electron chi connectivity index (χ4n) is 0.739. The summed E-state index contributed by atoms with van der Waals surface area (Å²) < 4.78 is 17.7. The topological polar surface area (TPSA) is 22.1 Å². The van der Waals surface area contributed by atoms with Gasteiger partial charge in [-0.2, -0.15) is 4.39 Å². The van der Waals surface area contributed by atoms with E-state index >= 15 is 0 Å². The van der Waals surface area contributed by atoms with Gasteiger partial charge in [0, 0.05) is 18.4 Å². The lowest BCUT2D eigenvalue weighted by Crippen LogP contribution is -1.96. The van der Waals surface area contributed by atoms with Crippen molar-refractivity contribution in [1.29, 1.82) is 0 Å². The number of hydrogen-bond acceptors (Lipinski definition) is 2. The average molecular weight is 155 g/mol. The molecule has 0 N–H and O–H groups in total. The highest BCUT2D eigenvalue weighted by Crippen LogP contribution is 2.03. The first kappa shape index (κ1) is 8.14. The van der Waals surface area contributed by atoms with Gasteiger partial charge in [-0.1, -0.05) is 6.07 Å². The van der Waals surface area contributed by atoms with Gasteiger partial charge in [-0.15, -0.1) is 0 Å². The van der Waals surface area contributed by atoms with E-state index < -0.39 is 5.95 Å². The highest BCUT2D eigenvalue weighted by molar-refractivity contribution is 5.09. The van der Waals surface area contributed by atoms with Gasteiger partial charge in [-0.05, 0) is 13.0 Å². The van der Waals surface area contributed by atoms with Gasteiger partial charge in [-0.3, -0.25) is 0 Å². The van der Waals surface area contributed by atoms with Gasteiger partial charge in [0.1, 0.15) is 0 Å². The number of pyridine rings is 1. The molecular formula is C8H10FNO. The Bertz CT molecular complexity index is 227. The second-order valence-corrected chi connectivity index (χ2v) is 2.09. The molecule has 1 heterocycles. The highest BCUT2D eigenvalue weighted by Gasteiger charge is 1.99. The molecule has 0 saturated carbocycles. The summed E-state index contributed by atoms with van der Waals surface area (Å²) in [5, 5.41) is 0. The SMILES string of the molecule is CCOCc1cccnc1F. The Kier molecular flexibility index (Phi) is 2.98. The molecule has 1 aromatic heterocycles.